The van der Waals surface area contributed by atoms with E-state index < -0.39 is 0 Å². The maximum Gasteiger partial charge on any atom is 0.115 e. The molecule has 0 radical (unpaired) electrons. The fraction of sp³-hybridized carbons (Fsp3) is 0.647. The molecule has 0 aromatic heterocycles. The Bertz CT molecular complexity index is 431. The van der Waals surface area contributed by atoms with Gasteiger partial charge in [0.25, 0.3) is 0 Å². The molecule has 2 N–H and O–H groups in total. The van der Waals surface area contributed by atoms with Crippen LogP contribution in [0.3, 0.4) is 0 Å². The van der Waals surface area contributed by atoms with E-state index >= 15 is 0 Å². The van der Waals surface area contributed by atoms with Gasteiger partial charge in [0.2, 0.25) is 0 Å². The van der Waals surface area contributed by atoms with Crippen LogP contribution in [0.5, 0.6) is 5.75 Å². The second-order valence-corrected chi connectivity index (χ2v) is 6.21. The summed E-state index contributed by atoms with van der Waals surface area (Å²) < 4.78 is 0. The number of hydrogen-bond acceptors (Lipinski definition) is 3. The van der Waals surface area contributed by atoms with Gasteiger partial charge in [-0.25, -0.2) is 0 Å². The minimum atomic E-state index is 0.390. The Labute approximate surface area is 123 Å². The van der Waals surface area contributed by atoms with Gasteiger partial charge in [-0.05, 0) is 82.9 Å². The standard InChI is InChI=1S/C17H28N2O/c1-13(2)19(3)11-5-4-10-18-17-9-6-14-12-15(20)7-8-16(14)17/h7-8,12-13,17-18,20H,4-6,9-11H2,1-3H3. The molecule has 0 fully saturated rings. The van der Waals surface area contributed by atoms with E-state index in [0.29, 0.717) is 17.8 Å². The Morgan fingerprint density at radius 1 is 1.35 bits per heavy atom. The number of phenols is 1. The molecule has 1 aromatic carbocycles. The molecule has 0 aliphatic heterocycles. The normalized spacial score (nSPS) is 17.9. The number of fused-ring (bicyclic) bond motifs is 1. The number of aromatic hydroxyl groups is 1. The number of benzene rings is 1. The number of phenolic OH excluding ortho intramolecular Hbond substituents is 1. The zero-order valence-corrected chi connectivity index (χ0v) is 13.0. The first-order chi connectivity index (χ1) is 9.58. The highest BCUT2D eigenvalue weighted by molar-refractivity contribution is 5.39. The van der Waals surface area contributed by atoms with Crippen molar-refractivity contribution in [2.45, 2.75) is 51.6 Å². The van der Waals surface area contributed by atoms with E-state index in [-0.39, 0.29) is 0 Å². The van der Waals surface area contributed by atoms with Crippen LogP contribution in [0.25, 0.3) is 0 Å². The molecule has 1 atom stereocenters. The molecule has 1 aliphatic carbocycles. The molecule has 1 unspecified atom stereocenters. The van der Waals surface area contributed by atoms with Crippen molar-refractivity contribution in [3.8, 4) is 5.75 Å². The summed E-state index contributed by atoms with van der Waals surface area (Å²) in [7, 11) is 2.19. The van der Waals surface area contributed by atoms with Crippen molar-refractivity contribution < 1.29 is 5.11 Å². The van der Waals surface area contributed by atoms with E-state index in [1.807, 2.05) is 6.07 Å². The van der Waals surface area contributed by atoms with Crippen LogP contribution >= 0.6 is 0 Å². The molecule has 3 heteroatoms. The second-order valence-electron chi connectivity index (χ2n) is 6.21. The Hall–Kier alpha value is -1.06. The molecule has 1 aromatic rings. The van der Waals surface area contributed by atoms with Gasteiger partial charge in [-0.3, -0.25) is 0 Å². The summed E-state index contributed by atoms with van der Waals surface area (Å²) in [5.74, 6) is 0.390. The van der Waals surface area contributed by atoms with Crippen molar-refractivity contribution in [3.05, 3.63) is 29.3 Å². The fourth-order valence-electron chi connectivity index (χ4n) is 2.84. The molecule has 2 rings (SSSR count). The van der Waals surface area contributed by atoms with Gasteiger partial charge in [0.05, 0.1) is 0 Å². The molecule has 0 spiro atoms. The Kier molecular flexibility index (Phi) is 5.44. The van der Waals surface area contributed by atoms with Gasteiger partial charge in [0, 0.05) is 12.1 Å². The monoisotopic (exact) mass is 276 g/mol. The van der Waals surface area contributed by atoms with Crippen LogP contribution in [-0.2, 0) is 6.42 Å². The second kappa shape index (κ2) is 7.09. The average molecular weight is 276 g/mol. The lowest BCUT2D eigenvalue weighted by atomic mass is 10.1. The van der Waals surface area contributed by atoms with Crippen LogP contribution in [0.1, 0.15) is 50.3 Å². The van der Waals surface area contributed by atoms with Crippen molar-refractivity contribution in [2.24, 2.45) is 0 Å². The lowest BCUT2D eigenvalue weighted by Crippen LogP contribution is -2.28. The van der Waals surface area contributed by atoms with Crippen molar-refractivity contribution >= 4 is 0 Å². The highest BCUT2D eigenvalue weighted by atomic mass is 16.3. The third-order valence-corrected chi connectivity index (χ3v) is 4.41. The summed E-state index contributed by atoms with van der Waals surface area (Å²) >= 11 is 0. The Morgan fingerprint density at radius 3 is 2.90 bits per heavy atom. The van der Waals surface area contributed by atoms with E-state index in [9.17, 15) is 5.11 Å². The molecule has 112 valence electrons. The van der Waals surface area contributed by atoms with Crippen molar-refractivity contribution in [1.29, 1.82) is 0 Å². The number of unbranched alkanes of at least 4 members (excludes halogenated alkanes) is 1. The van der Waals surface area contributed by atoms with Gasteiger partial charge < -0.3 is 15.3 Å². The zero-order valence-electron chi connectivity index (χ0n) is 13.0. The highest BCUT2D eigenvalue weighted by Crippen LogP contribution is 2.33. The fourth-order valence-corrected chi connectivity index (χ4v) is 2.84. The number of hydrogen-bond donors (Lipinski definition) is 2. The molecular weight excluding hydrogens is 248 g/mol. The smallest absolute Gasteiger partial charge is 0.115 e. The molecule has 0 heterocycles. The minimum Gasteiger partial charge on any atom is -0.508 e. The van der Waals surface area contributed by atoms with Crippen molar-refractivity contribution in [3.63, 3.8) is 0 Å². The highest BCUT2D eigenvalue weighted by Gasteiger charge is 2.21. The zero-order chi connectivity index (χ0) is 14.5. The van der Waals surface area contributed by atoms with E-state index in [1.54, 1.807) is 6.07 Å². The van der Waals surface area contributed by atoms with E-state index in [4.69, 9.17) is 0 Å². The lowest BCUT2D eigenvalue weighted by molar-refractivity contribution is 0.267. The molecule has 0 amide bonds. The Morgan fingerprint density at radius 2 is 2.15 bits per heavy atom. The third kappa shape index (κ3) is 3.97. The summed E-state index contributed by atoms with van der Waals surface area (Å²) in [6, 6.07) is 6.90. The van der Waals surface area contributed by atoms with Crippen LogP contribution in [0.4, 0.5) is 0 Å². The number of aryl methyl sites for hydroxylation is 1. The van der Waals surface area contributed by atoms with Crippen molar-refractivity contribution in [1.82, 2.24) is 10.2 Å². The summed E-state index contributed by atoms with van der Waals surface area (Å²) in [5, 5.41) is 13.2. The van der Waals surface area contributed by atoms with Crippen LogP contribution in [-0.4, -0.2) is 36.2 Å². The van der Waals surface area contributed by atoms with Crippen LogP contribution in [0.2, 0.25) is 0 Å². The third-order valence-electron chi connectivity index (χ3n) is 4.41. The first-order valence-corrected chi connectivity index (χ1v) is 7.83. The lowest BCUT2D eigenvalue weighted by Gasteiger charge is -2.21. The number of nitrogens with one attached hydrogen (secondary N) is 1. The summed E-state index contributed by atoms with van der Waals surface area (Å²) in [6.07, 6.45) is 4.71. The van der Waals surface area contributed by atoms with E-state index in [2.05, 4.69) is 37.2 Å². The molecule has 0 bridgehead atoms. The first kappa shape index (κ1) is 15.3. The van der Waals surface area contributed by atoms with E-state index in [1.165, 1.54) is 30.5 Å². The molecule has 3 nitrogen and oxygen atoms in total. The molecule has 0 saturated heterocycles. The summed E-state index contributed by atoms with van der Waals surface area (Å²) in [6.45, 7) is 6.73. The maximum absolute atomic E-state index is 9.50. The Balaban J connectivity index is 1.69. The predicted molar refractivity (Wildman–Crippen MR) is 84.2 cm³/mol. The van der Waals surface area contributed by atoms with Crippen molar-refractivity contribution in [2.75, 3.05) is 20.1 Å². The van der Waals surface area contributed by atoms with Gasteiger partial charge in [0.1, 0.15) is 5.75 Å². The number of rotatable bonds is 7. The topological polar surface area (TPSA) is 35.5 Å². The first-order valence-electron chi connectivity index (χ1n) is 7.83. The van der Waals surface area contributed by atoms with Crippen LogP contribution in [0, 0.1) is 0 Å². The maximum atomic E-state index is 9.50. The minimum absolute atomic E-state index is 0.390. The molecular formula is C17H28N2O. The summed E-state index contributed by atoms with van der Waals surface area (Å²) in [5.41, 5.74) is 2.68. The van der Waals surface area contributed by atoms with Crippen LogP contribution in [0.15, 0.2) is 18.2 Å². The largest absolute Gasteiger partial charge is 0.508 e. The van der Waals surface area contributed by atoms with E-state index in [0.717, 1.165) is 19.4 Å². The predicted octanol–water partition coefficient (Wildman–Crippen LogP) is 3.09. The summed E-state index contributed by atoms with van der Waals surface area (Å²) in [4.78, 5) is 2.40. The van der Waals surface area contributed by atoms with Gasteiger partial charge >= 0.3 is 0 Å². The van der Waals surface area contributed by atoms with Gasteiger partial charge in [-0.2, -0.15) is 0 Å². The van der Waals surface area contributed by atoms with Crippen LogP contribution < -0.4 is 5.32 Å². The molecule has 20 heavy (non-hydrogen) atoms. The van der Waals surface area contributed by atoms with Gasteiger partial charge in [-0.15, -0.1) is 0 Å². The molecule has 0 saturated carbocycles. The van der Waals surface area contributed by atoms with Gasteiger partial charge in [0.15, 0.2) is 0 Å². The number of nitrogens with zero attached hydrogens (tertiary/aromatic N) is 1. The molecule has 1 aliphatic rings. The quantitative estimate of drug-likeness (QED) is 0.751. The average Bonchev–Trinajstić information content (AvgIpc) is 2.80. The van der Waals surface area contributed by atoms with Gasteiger partial charge in [-0.1, -0.05) is 6.07 Å². The SMILES string of the molecule is CC(C)N(C)CCCCNC1CCc2cc(O)ccc21.